The number of aryl methyl sites for hydroxylation is 1. The van der Waals surface area contributed by atoms with Gasteiger partial charge in [0.15, 0.2) is 0 Å². The first-order valence-electron chi connectivity index (χ1n) is 6.79. The van der Waals surface area contributed by atoms with Crippen LogP contribution in [0.15, 0.2) is 24.3 Å². The molecule has 0 aromatic heterocycles. The highest BCUT2D eigenvalue weighted by Gasteiger charge is 2.13. The summed E-state index contributed by atoms with van der Waals surface area (Å²) in [6, 6.07) is 8.58. The predicted octanol–water partition coefficient (Wildman–Crippen LogP) is 3.23. The number of rotatable bonds is 8. The number of nitrogens with one attached hydrogen (secondary N) is 1. The summed E-state index contributed by atoms with van der Waals surface area (Å²) in [6.07, 6.45) is -1.43. The van der Waals surface area contributed by atoms with Crippen molar-refractivity contribution in [1.29, 1.82) is 0 Å². The van der Waals surface area contributed by atoms with Crippen LogP contribution < -0.4 is 5.32 Å². The van der Waals surface area contributed by atoms with Crippen LogP contribution in [0.5, 0.6) is 0 Å². The molecule has 2 nitrogen and oxygen atoms in total. The standard InChI is InChI=1S/C15H24F2N2/c1-4-18-14(8-9-19(3)11-15(16)17)13-7-5-6-12(2)10-13/h5-7,10,14-15,18H,4,8-9,11H2,1-3H3. The Labute approximate surface area is 114 Å². The fourth-order valence-electron chi connectivity index (χ4n) is 2.20. The van der Waals surface area contributed by atoms with Crippen molar-refractivity contribution >= 4 is 0 Å². The quantitative estimate of drug-likeness (QED) is 0.780. The number of benzene rings is 1. The van der Waals surface area contributed by atoms with Crippen molar-refractivity contribution in [2.75, 3.05) is 26.7 Å². The first kappa shape index (κ1) is 16.1. The molecule has 1 atom stereocenters. The molecule has 0 aliphatic rings. The highest BCUT2D eigenvalue weighted by atomic mass is 19.3. The molecule has 1 unspecified atom stereocenters. The summed E-state index contributed by atoms with van der Waals surface area (Å²) in [5.41, 5.74) is 2.45. The zero-order chi connectivity index (χ0) is 14.3. The van der Waals surface area contributed by atoms with Gasteiger partial charge in [-0.1, -0.05) is 36.8 Å². The minimum atomic E-state index is -2.26. The molecular weight excluding hydrogens is 246 g/mol. The first-order valence-corrected chi connectivity index (χ1v) is 6.79. The summed E-state index contributed by atoms with van der Waals surface area (Å²) in [5.74, 6) is 0. The molecule has 0 heterocycles. The van der Waals surface area contributed by atoms with Gasteiger partial charge >= 0.3 is 0 Å². The lowest BCUT2D eigenvalue weighted by atomic mass is 10.0. The largest absolute Gasteiger partial charge is 0.310 e. The van der Waals surface area contributed by atoms with E-state index in [4.69, 9.17) is 0 Å². The number of hydrogen-bond acceptors (Lipinski definition) is 2. The lowest BCUT2D eigenvalue weighted by molar-refractivity contribution is 0.0985. The lowest BCUT2D eigenvalue weighted by Crippen LogP contribution is -2.30. The van der Waals surface area contributed by atoms with E-state index in [0.29, 0.717) is 6.54 Å². The smallest absolute Gasteiger partial charge is 0.251 e. The maximum Gasteiger partial charge on any atom is 0.251 e. The van der Waals surface area contributed by atoms with Crippen LogP contribution in [0.2, 0.25) is 0 Å². The summed E-state index contributed by atoms with van der Waals surface area (Å²) in [6.45, 7) is 5.50. The Morgan fingerprint density at radius 1 is 1.32 bits per heavy atom. The van der Waals surface area contributed by atoms with E-state index in [-0.39, 0.29) is 12.6 Å². The van der Waals surface area contributed by atoms with Crippen molar-refractivity contribution in [2.45, 2.75) is 32.7 Å². The van der Waals surface area contributed by atoms with E-state index in [1.54, 1.807) is 11.9 Å². The van der Waals surface area contributed by atoms with E-state index in [1.807, 2.05) is 6.07 Å². The molecular formula is C15H24F2N2. The molecule has 0 aliphatic heterocycles. The van der Waals surface area contributed by atoms with Crippen molar-refractivity contribution in [1.82, 2.24) is 10.2 Å². The molecule has 108 valence electrons. The first-order chi connectivity index (χ1) is 9.02. The van der Waals surface area contributed by atoms with Crippen molar-refractivity contribution < 1.29 is 8.78 Å². The Morgan fingerprint density at radius 2 is 2.05 bits per heavy atom. The van der Waals surface area contributed by atoms with Crippen LogP contribution in [-0.2, 0) is 0 Å². The van der Waals surface area contributed by atoms with E-state index in [0.717, 1.165) is 13.0 Å². The summed E-state index contributed by atoms with van der Waals surface area (Å²) >= 11 is 0. The molecule has 19 heavy (non-hydrogen) atoms. The van der Waals surface area contributed by atoms with Gasteiger partial charge in [0.2, 0.25) is 0 Å². The normalized spacial score (nSPS) is 13.2. The van der Waals surface area contributed by atoms with Gasteiger partial charge in [0.05, 0.1) is 6.54 Å². The van der Waals surface area contributed by atoms with Gasteiger partial charge in [-0.15, -0.1) is 0 Å². The van der Waals surface area contributed by atoms with Crippen LogP contribution >= 0.6 is 0 Å². The van der Waals surface area contributed by atoms with Gasteiger partial charge in [0.1, 0.15) is 0 Å². The van der Waals surface area contributed by atoms with Gasteiger partial charge in [-0.05, 0) is 39.0 Å². The Balaban J connectivity index is 2.58. The number of alkyl halides is 2. The Kier molecular flexibility index (Phi) is 6.95. The third-order valence-electron chi connectivity index (χ3n) is 3.14. The van der Waals surface area contributed by atoms with E-state index < -0.39 is 6.43 Å². The Morgan fingerprint density at radius 3 is 2.63 bits per heavy atom. The average molecular weight is 270 g/mol. The molecule has 0 spiro atoms. The molecule has 0 aliphatic carbocycles. The van der Waals surface area contributed by atoms with Gasteiger partial charge in [0.25, 0.3) is 6.43 Å². The summed E-state index contributed by atoms with van der Waals surface area (Å²) in [4.78, 5) is 1.69. The average Bonchev–Trinajstić information content (AvgIpc) is 2.33. The zero-order valence-electron chi connectivity index (χ0n) is 12.0. The Hall–Kier alpha value is -1.00. The second kappa shape index (κ2) is 8.23. The molecule has 0 radical (unpaired) electrons. The van der Waals surface area contributed by atoms with Crippen molar-refractivity contribution in [3.05, 3.63) is 35.4 Å². The van der Waals surface area contributed by atoms with Crippen molar-refractivity contribution in [2.24, 2.45) is 0 Å². The Bertz CT molecular complexity index is 369. The lowest BCUT2D eigenvalue weighted by Gasteiger charge is -2.22. The fourth-order valence-corrected chi connectivity index (χ4v) is 2.20. The van der Waals surface area contributed by atoms with Crippen LogP contribution in [0.25, 0.3) is 0 Å². The second-order valence-corrected chi connectivity index (χ2v) is 4.97. The molecule has 1 rings (SSSR count). The molecule has 0 fully saturated rings. The molecule has 0 saturated heterocycles. The molecule has 4 heteroatoms. The van der Waals surface area contributed by atoms with Crippen LogP contribution in [0.1, 0.15) is 30.5 Å². The molecule has 1 aromatic carbocycles. The van der Waals surface area contributed by atoms with Crippen LogP contribution in [0, 0.1) is 6.92 Å². The van der Waals surface area contributed by atoms with Gasteiger partial charge in [-0.25, -0.2) is 8.78 Å². The van der Waals surface area contributed by atoms with E-state index in [2.05, 4.69) is 37.4 Å². The molecule has 1 N–H and O–H groups in total. The second-order valence-electron chi connectivity index (χ2n) is 4.97. The van der Waals surface area contributed by atoms with Crippen molar-refractivity contribution in [3.63, 3.8) is 0 Å². The maximum absolute atomic E-state index is 12.3. The molecule has 1 aromatic rings. The van der Waals surface area contributed by atoms with Gasteiger partial charge in [-0.2, -0.15) is 0 Å². The number of nitrogens with zero attached hydrogens (tertiary/aromatic N) is 1. The van der Waals surface area contributed by atoms with Gasteiger partial charge < -0.3 is 10.2 Å². The molecule has 0 amide bonds. The zero-order valence-corrected chi connectivity index (χ0v) is 12.0. The molecule has 0 saturated carbocycles. The maximum atomic E-state index is 12.3. The number of hydrogen-bond donors (Lipinski definition) is 1. The van der Waals surface area contributed by atoms with Gasteiger partial charge in [-0.3, -0.25) is 0 Å². The van der Waals surface area contributed by atoms with Crippen LogP contribution in [0.3, 0.4) is 0 Å². The summed E-state index contributed by atoms with van der Waals surface area (Å²) < 4.78 is 24.6. The third kappa shape index (κ3) is 6.12. The topological polar surface area (TPSA) is 15.3 Å². The van der Waals surface area contributed by atoms with Gasteiger partial charge in [0, 0.05) is 6.04 Å². The summed E-state index contributed by atoms with van der Waals surface area (Å²) in [7, 11) is 1.74. The van der Waals surface area contributed by atoms with E-state index in [1.165, 1.54) is 11.1 Å². The van der Waals surface area contributed by atoms with Crippen LogP contribution in [0.4, 0.5) is 8.78 Å². The fraction of sp³-hybridized carbons (Fsp3) is 0.600. The minimum Gasteiger partial charge on any atom is -0.310 e. The monoisotopic (exact) mass is 270 g/mol. The third-order valence-corrected chi connectivity index (χ3v) is 3.14. The predicted molar refractivity (Wildman–Crippen MR) is 75.7 cm³/mol. The van der Waals surface area contributed by atoms with E-state index >= 15 is 0 Å². The molecule has 0 bridgehead atoms. The minimum absolute atomic E-state index is 0.160. The van der Waals surface area contributed by atoms with E-state index in [9.17, 15) is 8.78 Å². The highest BCUT2D eigenvalue weighted by molar-refractivity contribution is 5.25. The van der Waals surface area contributed by atoms with Crippen molar-refractivity contribution in [3.8, 4) is 0 Å². The number of halogens is 2. The SMILES string of the molecule is CCNC(CCN(C)CC(F)F)c1cccc(C)c1. The highest BCUT2D eigenvalue weighted by Crippen LogP contribution is 2.18. The van der Waals surface area contributed by atoms with Crippen LogP contribution in [-0.4, -0.2) is 38.0 Å². The summed E-state index contributed by atoms with van der Waals surface area (Å²) in [5, 5.41) is 3.42.